The number of sulfone groups is 1. The van der Waals surface area contributed by atoms with Crippen molar-refractivity contribution >= 4 is 21.7 Å². The molecule has 122 valence electrons. The third kappa shape index (κ3) is 4.20. The van der Waals surface area contributed by atoms with Gasteiger partial charge in [0, 0.05) is 6.26 Å². The summed E-state index contributed by atoms with van der Waals surface area (Å²) in [6.45, 7) is 2.01. The fraction of sp³-hybridized carbons (Fsp3) is 0.429. The molecule has 0 heterocycles. The normalized spacial score (nSPS) is 11.0. The molecule has 0 unspecified atom stereocenters. The summed E-state index contributed by atoms with van der Waals surface area (Å²) in [4.78, 5) is 15.5. The Morgan fingerprint density at radius 1 is 1.32 bits per heavy atom. The maximum atomic E-state index is 12.1. The Morgan fingerprint density at radius 2 is 1.95 bits per heavy atom. The lowest BCUT2D eigenvalue weighted by Gasteiger charge is -2.15. The van der Waals surface area contributed by atoms with E-state index in [9.17, 15) is 13.2 Å². The van der Waals surface area contributed by atoms with Gasteiger partial charge >= 0.3 is 0 Å². The second kappa shape index (κ2) is 7.26. The number of rotatable bonds is 6. The van der Waals surface area contributed by atoms with Crippen molar-refractivity contribution < 1.29 is 17.9 Å². The summed E-state index contributed by atoms with van der Waals surface area (Å²) in [5.41, 5.74) is 11.0. The first-order valence-electron chi connectivity index (χ1n) is 6.76. The van der Waals surface area contributed by atoms with Crippen LogP contribution in [0.3, 0.4) is 0 Å². The standard InChI is InChI=1S/C14H21N3O4S/c1-4-5-6-9-7-8-10(13(18)17-14(15)16)11(21-2)12(9)22(3,19)20/h7-8H,4-6H2,1-3H3,(H4,15,16,17,18). The monoisotopic (exact) mass is 327 g/mol. The van der Waals surface area contributed by atoms with Crippen LogP contribution in [0.25, 0.3) is 0 Å². The van der Waals surface area contributed by atoms with E-state index in [4.69, 9.17) is 16.2 Å². The van der Waals surface area contributed by atoms with Gasteiger partial charge in [-0.05, 0) is 24.5 Å². The van der Waals surface area contributed by atoms with E-state index in [0.717, 1.165) is 19.1 Å². The molecule has 0 bridgehead atoms. The average Bonchev–Trinajstić information content (AvgIpc) is 2.41. The Bertz CT molecular complexity index is 692. The first-order chi connectivity index (χ1) is 10.2. The maximum absolute atomic E-state index is 12.1. The summed E-state index contributed by atoms with van der Waals surface area (Å²) in [7, 11) is -2.27. The van der Waals surface area contributed by atoms with E-state index in [1.165, 1.54) is 13.2 Å². The fourth-order valence-electron chi connectivity index (χ4n) is 2.12. The molecule has 0 aliphatic carbocycles. The van der Waals surface area contributed by atoms with Crippen molar-refractivity contribution in [2.24, 2.45) is 16.5 Å². The van der Waals surface area contributed by atoms with Crippen LogP contribution in [-0.2, 0) is 16.3 Å². The van der Waals surface area contributed by atoms with Gasteiger partial charge in [0.15, 0.2) is 21.5 Å². The maximum Gasteiger partial charge on any atom is 0.283 e. The molecule has 0 saturated heterocycles. The number of ether oxygens (including phenoxy) is 1. The number of carbonyl (C=O) groups excluding carboxylic acids is 1. The quantitative estimate of drug-likeness (QED) is 0.589. The number of aliphatic imine (C=N–C) groups is 1. The lowest BCUT2D eigenvalue weighted by molar-refractivity contribution is 0.0999. The number of benzene rings is 1. The summed E-state index contributed by atoms with van der Waals surface area (Å²) >= 11 is 0. The van der Waals surface area contributed by atoms with Crippen LogP contribution >= 0.6 is 0 Å². The largest absolute Gasteiger partial charge is 0.495 e. The van der Waals surface area contributed by atoms with Crippen molar-refractivity contribution in [3.63, 3.8) is 0 Å². The number of nitrogens with zero attached hydrogens (tertiary/aromatic N) is 1. The minimum absolute atomic E-state index is 0.0107. The summed E-state index contributed by atoms with van der Waals surface area (Å²) in [5, 5.41) is 0. The minimum atomic E-state index is -3.58. The van der Waals surface area contributed by atoms with Gasteiger partial charge in [-0.2, -0.15) is 4.99 Å². The van der Waals surface area contributed by atoms with E-state index >= 15 is 0 Å². The molecular formula is C14H21N3O4S. The number of unbranched alkanes of at least 4 members (excludes halogenated alkanes) is 1. The van der Waals surface area contributed by atoms with Crippen molar-refractivity contribution in [3.8, 4) is 5.75 Å². The van der Waals surface area contributed by atoms with E-state index in [0.29, 0.717) is 12.0 Å². The van der Waals surface area contributed by atoms with Crippen molar-refractivity contribution in [1.29, 1.82) is 0 Å². The first kappa shape index (κ1) is 18.0. The molecule has 0 radical (unpaired) electrons. The molecule has 1 aromatic rings. The van der Waals surface area contributed by atoms with Crippen LogP contribution in [0.4, 0.5) is 0 Å². The number of carbonyl (C=O) groups is 1. The molecule has 1 aromatic carbocycles. The molecule has 0 spiro atoms. The van der Waals surface area contributed by atoms with Gasteiger partial charge in [0.1, 0.15) is 4.90 Å². The number of methoxy groups -OCH3 is 1. The molecule has 0 aliphatic rings. The Kier molecular flexibility index (Phi) is 5.92. The van der Waals surface area contributed by atoms with Gasteiger partial charge in [-0.3, -0.25) is 4.79 Å². The Morgan fingerprint density at radius 3 is 2.41 bits per heavy atom. The molecular weight excluding hydrogens is 306 g/mol. The molecule has 0 atom stereocenters. The van der Waals surface area contributed by atoms with Gasteiger partial charge in [-0.25, -0.2) is 8.42 Å². The molecule has 0 aromatic heterocycles. The van der Waals surface area contributed by atoms with Gasteiger partial charge in [-0.15, -0.1) is 0 Å². The zero-order valence-electron chi connectivity index (χ0n) is 12.9. The molecule has 22 heavy (non-hydrogen) atoms. The van der Waals surface area contributed by atoms with Crippen LogP contribution in [0.5, 0.6) is 5.75 Å². The van der Waals surface area contributed by atoms with Crippen LogP contribution in [0.1, 0.15) is 35.7 Å². The third-order valence-electron chi connectivity index (χ3n) is 3.03. The number of aryl methyl sites for hydroxylation is 1. The van der Waals surface area contributed by atoms with Crippen LogP contribution in [0, 0.1) is 0 Å². The van der Waals surface area contributed by atoms with Crippen molar-refractivity contribution in [2.45, 2.75) is 31.1 Å². The number of hydrogen-bond acceptors (Lipinski definition) is 4. The minimum Gasteiger partial charge on any atom is -0.495 e. The second-order valence-corrected chi connectivity index (χ2v) is 6.80. The highest BCUT2D eigenvalue weighted by molar-refractivity contribution is 7.90. The number of amides is 1. The lowest BCUT2D eigenvalue weighted by atomic mass is 10.0. The highest BCUT2D eigenvalue weighted by atomic mass is 32.2. The van der Waals surface area contributed by atoms with E-state index in [1.54, 1.807) is 6.07 Å². The zero-order valence-corrected chi connectivity index (χ0v) is 13.7. The zero-order chi connectivity index (χ0) is 16.9. The SMILES string of the molecule is CCCCc1ccc(C(=O)N=C(N)N)c(OC)c1S(C)(=O)=O. The average molecular weight is 327 g/mol. The lowest BCUT2D eigenvalue weighted by Crippen LogP contribution is -2.24. The van der Waals surface area contributed by atoms with E-state index in [-0.39, 0.29) is 16.2 Å². The van der Waals surface area contributed by atoms with Gasteiger partial charge < -0.3 is 16.2 Å². The van der Waals surface area contributed by atoms with E-state index in [2.05, 4.69) is 4.99 Å². The van der Waals surface area contributed by atoms with Crippen molar-refractivity contribution in [3.05, 3.63) is 23.3 Å². The fourth-order valence-corrected chi connectivity index (χ4v) is 3.30. The highest BCUT2D eigenvalue weighted by Gasteiger charge is 2.25. The summed E-state index contributed by atoms with van der Waals surface area (Å²) < 4.78 is 29.4. The molecule has 0 aliphatic heterocycles. The second-order valence-electron chi connectivity index (χ2n) is 4.85. The summed E-state index contributed by atoms with van der Waals surface area (Å²) in [6, 6.07) is 3.08. The number of hydrogen-bond donors (Lipinski definition) is 2. The van der Waals surface area contributed by atoms with Gasteiger partial charge in [0.25, 0.3) is 5.91 Å². The third-order valence-corrected chi connectivity index (χ3v) is 4.22. The Labute approximate surface area is 130 Å². The summed E-state index contributed by atoms with van der Waals surface area (Å²) in [5.74, 6) is -1.17. The van der Waals surface area contributed by atoms with Crippen molar-refractivity contribution in [1.82, 2.24) is 0 Å². The topological polar surface area (TPSA) is 125 Å². The van der Waals surface area contributed by atoms with E-state index < -0.39 is 21.7 Å². The molecule has 4 N–H and O–H groups in total. The summed E-state index contributed by atoms with van der Waals surface area (Å²) in [6.07, 6.45) is 3.40. The van der Waals surface area contributed by atoms with E-state index in [1.807, 2.05) is 6.92 Å². The molecule has 0 saturated carbocycles. The van der Waals surface area contributed by atoms with Gasteiger partial charge in [0.05, 0.1) is 12.7 Å². The molecule has 1 rings (SSSR count). The van der Waals surface area contributed by atoms with Crippen LogP contribution in [0.15, 0.2) is 22.0 Å². The van der Waals surface area contributed by atoms with Crippen LogP contribution in [0.2, 0.25) is 0 Å². The molecule has 8 heteroatoms. The molecule has 1 amide bonds. The Balaban J connectivity index is 3.58. The predicted octanol–water partition coefficient (Wildman–Crippen LogP) is 0.855. The first-order valence-corrected chi connectivity index (χ1v) is 8.65. The Hall–Kier alpha value is -2.09. The predicted molar refractivity (Wildman–Crippen MR) is 84.9 cm³/mol. The van der Waals surface area contributed by atoms with Crippen LogP contribution in [-0.4, -0.2) is 33.7 Å². The van der Waals surface area contributed by atoms with Gasteiger partial charge in [0.2, 0.25) is 0 Å². The number of guanidine groups is 1. The van der Waals surface area contributed by atoms with Crippen LogP contribution < -0.4 is 16.2 Å². The number of nitrogens with two attached hydrogens (primary N) is 2. The van der Waals surface area contributed by atoms with Gasteiger partial charge in [-0.1, -0.05) is 19.4 Å². The highest BCUT2D eigenvalue weighted by Crippen LogP contribution is 2.33. The molecule has 0 fully saturated rings. The molecule has 7 nitrogen and oxygen atoms in total. The van der Waals surface area contributed by atoms with Crippen molar-refractivity contribution in [2.75, 3.05) is 13.4 Å². The smallest absolute Gasteiger partial charge is 0.283 e.